The highest BCUT2D eigenvalue weighted by atomic mass is 16.7. The molecule has 0 amide bonds. The van der Waals surface area contributed by atoms with Gasteiger partial charge in [0.2, 0.25) is 0 Å². The van der Waals surface area contributed by atoms with Crippen molar-refractivity contribution in [1.29, 1.82) is 0 Å². The van der Waals surface area contributed by atoms with Crippen LogP contribution in [0.3, 0.4) is 0 Å². The number of rotatable bonds is 12. The molecule has 6 nitrogen and oxygen atoms in total. The summed E-state index contributed by atoms with van der Waals surface area (Å²) >= 11 is 0. The second-order valence-electron chi connectivity index (χ2n) is 18.0. The molecule has 0 N–H and O–H groups in total. The summed E-state index contributed by atoms with van der Waals surface area (Å²) in [6.07, 6.45) is 22.8. The Morgan fingerprint density at radius 3 is 2.45 bits per heavy atom. The molecule has 51 heavy (non-hydrogen) atoms. The molecule has 6 aliphatic rings. The first-order chi connectivity index (χ1) is 24.6. The van der Waals surface area contributed by atoms with Gasteiger partial charge in [0.15, 0.2) is 5.79 Å². The number of carbonyl (C=O) groups excluding carboxylic acids is 2. The summed E-state index contributed by atoms with van der Waals surface area (Å²) < 4.78 is 25.2. The molecule has 2 saturated heterocycles. The van der Waals surface area contributed by atoms with Gasteiger partial charge >= 0.3 is 11.9 Å². The zero-order chi connectivity index (χ0) is 35.8. The summed E-state index contributed by atoms with van der Waals surface area (Å²) in [5, 5.41) is 0. The molecule has 7 rings (SSSR count). The molecule has 280 valence electrons. The summed E-state index contributed by atoms with van der Waals surface area (Å²) in [5.41, 5.74) is 2.51. The average molecular weight is 701 g/mol. The second kappa shape index (κ2) is 15.1. The van der Waals surface area contributed by atoms with Gasteiger partial charge in [0.25, 0.3) is 0 Å². The van der Waals surface area contributed by atoms with Crippen LogP contribution in [0.2, 0.25) is 0 Å². The Balaban J connectivity index is 0.899. The number of fused-ring (bicyclic) bond motifs is 7. The zero-order valence-corrected chi connectivity index (χ0v) is 32.0. The van der Waals surface area contributed by atoms with Gasteiger partial charge in [-0.3, -0.25) is 4.79 Å². The van der Waals surface area contributed by atoms with Crippen LogP contribution < -0.4 is 4.74 Å². The molecule has 0 unspecified atom stereocenters. The maximum atomic E-state index is 13.2. The van der Waals surface area contributed by atoms with Crippen molar-refractivity contribution in [1.82, 2.24) is 0 Å². The topological polar surface area (TPSA) is 71.1 Å². The first-order valence-electron chi connectivity index (χ1n) is 20.7. The van der Waals surface area contributed by atoms with Crippen molar-refractivity contribution in [3.05, 3.63) is 54.1 Å². The molecular weight excluding hydrogens is 636 g/mol. The van der Waals surface area contributed by atoms with Crippen LogP contribution in [0, 0.1) is 46.3 Å². The normalized spacial score (nSPS) is 39.6. The average Bonchev–Trinajstić information content (AvgIpc) is 3.56. The summed E-state index contributed by atoms with van der Waals surface area (Å²) in [4.78, 5) is 25.6. The minimum Gasteiger partial charge on any atom is -0.458 e. The Labute approximate surface area is 307 Å². The lowest BCUT2D eigenvalue weighted by Crippen LogP contribution is -2.52. The summed E-state index contributed by atoms with van der Waals surface area (Å²) in [6.45, 7) is 14.5. The Kier molecular flexibility index (Phi) is 10.9. The largest absolute Gasteiger partial charge is 0.458 e. The lowest BCUT2D eigenvalue weighted by atomic mass is 9.47. The van der Waals surface area contributed by atoms with E-state index in [9.17, 15) is 9.59 Å². The number of hydrogen-bond donors (Lipinski definition) is 0. The number of ether oxygens (including phenoxy) is 4. The van der Waals surface area contributed by atoms with E-state index in [2.05, 4.69) is 40.3 Å². The summed E-state index contributed by atoms with van der Waals surface area (Å²) in [5.74, 6) is 3.36. The standard InChI is InChI=1S/C45H64O6/c1-6-7-8-9-10-11-12-13-14-40(46)49-34-18-15-32(16-19-34)42(47)50-35-22-24-43(4)33(27-35)17-20-36-37(43)23-25-44(5)38(36)28-39-41(44)31(3)45(51-39)26-21-30(2)29-48-45/h6,15-19,30-31,35-39,41H,1,7-14,20-29H2,2-5H3/t30-,31+,35+,36-,37+,38+,39+,41+,43+,44+,45-/m1/s1. The first-order valence-corrected chi connectivity index (χ1v) is 20.7. The molecule has 11 atom stereocenters. The fourth-order valence-corrected chi connectivity index (χ4v) is 12.1. The molecule has 0 bridgehead atoms. The molecule has 2 aliphatic heterocycles. The highest BCUT2D eigenvalue weighted by Crippen LogP contribution is 2.70. The molecule has 0 aromatic heterocycles. The van der Waals surface area contributed by atoms with Crippen LogP contribution in [0.15, 0.2) is 48.6 Å². The van der Waals surface area contributed by atoms with Gasteiger partial charge in [-0.15, -0.1) is 6.58 Å². The van der Waals surface area contributed by atoms with Gasteiger partial charge in [0, 0.05) is 25.2 Å². The van der Waals surface area contributed by atoms with Crippen LogP contribution in [0.25, 0.3) is 0 Å². The van der Waals surface area contributed by atoms with Crippen molar-refractivity contribution in [3.8, 4) is 5.75 Å². The Hall–Kier alpha value is -2.44. The Morgan fingerprint density at radius 1 is 0.941 bits per heavy atom. The van der Waals surface area contributed by atoms with Gasteiger partial charge < -0.3 is 18.9 Å². The fraction of sp³-hybridized carbons (Fsp3) is 0.733. The number of carbonyl (C=O) groups is 2. The quantitative estimate of drug-likeness (QED) is 0.0935. The highest BCUT2D eigenvalue weighted by molar-refractivity contribution is 5.89. The molecule has 6 heteroatoms. The Bertz CT molecular complexity index is 1440. The van der Waals surface area contributed by atoms with E-state index in [0.29, 0.717) is 64.8 Å². The molecule has 4 aliphatic carbocycles. The van der Waals surface area contributed by atoms with E-state index in [1.165, 1.54) is 50.5 Å². The smallest absolute Gasteiger partial charge is 0.338 e. The molecule has 1 aromatic carbocycles. The van der Waals surface area contributed by atoms with E-state index < -0.39 is 0 Å². The van der Waals surface area contributed by atoms with Crippen LogP contribution in [0.5, 0.6) is 5.75 Å². The van der Waals surface area contributed by atoms with Crippen molar-refractivity contribution >= 4 is 11.9 Å². The monoisotopic (exact) mass is 700 g/mol. The lowest BCUT2D eigenvalue weighted by Gasteiger charge is -2.58. The van der Waals surface area contributed by atoms with Crippen LogP contribution in [-0.2, 0) is 19.0 Å². The van der Waals surface area contributed by atoms with Crippen LogP contribution >= 0.6 is 0 Å². The van der Waals surface area contributed by atoms with Gasteiger partial charge in [-0.2, -0.15) is 0 Å². The number of hydrogen-bond acceptors (Lipinski definition) is 6. The molecule has 5 fully saturated rings. The highest BCUT2D eigenvalue weighted by Gasteiger charge is 2.68. The molecule has 1 aromatic rings. The number of unbranched alkanes of at least 4 members (excludes halogenated alkanes) is 6. The van der Waals surface area contributed by atoms with E-state index >= 15 is 0 Å². The number of benzene rings is 1. The molecule has 0 radical (unpaired) electrons. The molecule has 3 saturated carbocycles. The third-order valence-electron chi connectivity index (χ3n) is 15.0. The molecular formula is C45H64O6. The van der Waals surface area contributed by atoms with Gasteiger partial charge in [-0.1, -0.05) is 71.1 Å². The van der Waals surface area contributed by atoms with E-state index in [0.717, 1.165) is 64.4 Å². The van der Waals surface area contributed by atoms with E-state index in [1.54, 1.807) is 24.3 Å². The number of allylic oxidation sites excluding steroid dienone is 2. The van der Waals surface area contributed by atoms with Gasteiger partial charge in [-0.05, 0) is 129 Å². The molecule has 2 heterocycles. The minimum absolute atomic E-state index is 0.101. The van der Waals surface area contributed by atoms with E-state index in [4.69, 9.17) is 18.9 Å². The van der Waals surface area contributed by atoms with Crippen molar-refractivity contribution in [2.24, 2.45) is 46.3 Å². The third kappa shape index (κ3) is 7.14. The summed E-state index contributed by atoms with van der Waals surface area (Å²) in [6, 6.07) is 6.85. The Morgan fingerprint density at radius 2 is 1.71 bits per heavy atom. The second-order valence-corrected chi connectivity index (χ2v) is 18.0. The van der Waals surface area contributed by atoms with Gasteiger partial charge in [0.1, 0.15) is 11.9 Å². The number of esters is 2. The summed E-state index contributed by atoms with van der Waals surface area (Å²) in [7, 11) is 0. The van der Waals surface area contributed by atoms with Crippen molar-refractivity contribution in [3.63, 3.8) is 0 Å². The van der Waals surface area contributed by atoms with Crippen LogP contribution in [0.1, 0.15) is 147 Å². The maximum absolute atomic E-state index is 13.2. The predicted molar refractivity (Wildman–Crippen MR) is 200 cm³/mol. The maximum Gasteiger partial charge on any atom is 0.338 e. The van der Waals surface area contributed by atoms with E-state index in [1.807, 2.05) is 6.08 Å². The predicted octanol–water partition coefficient (Wildman–Crippen LogP) is 10.8. The molecule has 1 spiro atoms. The van der Waals surface area contributed by atoms with Crippen LogP contribution in [0.4, 0.5) is 0 Å². The SMILES string of the molecule is C=CCCCCCCCCC(=O)Oc1ccc(C(=O)O[C@H]2CC[C@@]3(C)C(=CC[C@H]4[C@@H]5C[C@@H]6O[C@]7(CC[C@@H](C)CO7)[C@@H](C)[C@@H]6[C@@]5(C)CC[C@@H]43)C2)cc1. The van der Waals surface area contributed by atoms with E-state index in [-0.39, 0.29) is 29.2 Å². The fourth-order valence-electron chi connectivity index (χ4n) is 12.1. The zero-order valence-electron chi connectivity index (χ0n) is 32.0. The van der Waals surface area contributed by atoms with Crippen molar-refractivity contribution in [2.75, 3.05) is 6.61 Å². The lowest BCUT2D eigenvalue weighted by molar-refractivity contribution is -0.272. The van der Waals surface area contributed by atoms with Gasteiger partial charge in [0.05, 0.1) is 18.3 Å². The third-order valence-corrected chi connectivity index (χ3v) is 15.0. The van der Waals surface area contributed by atoms with Crippen molar-refractivity contribution < 1.29 is 28.5 Å². The van der Waals surface area contributed by atoms with Crippen LogP contribution in [-0.4, -0.2) is 36.5 Å². The first kappa shape index (κ1) is 36.9. The minimum atomic E-state index is -0.354. The van der Waals surface area contributed by atoms with Gasteiger partial charge in [-0.25, -0.2) is 4.79 Å². The van der Waals surface area contributed by atoms with Crippen molar-refractivity contribution in [2.45, 2.75) is 155 Å².